The lowest BCUT2D eigenvalue weighted by molar-refractivity contribution is -0.117. The number of aliphatic hydroxyl groups excluding tert-OH is 1. The lowest BCUT2D eigenvalue weighted by Gasteiger charge is -2.28. The van der Waals surface area contributed by atoms with E-state index in [2.05, 4.69) is 21.2 Å². The van der Waals surface area contributed by atoms with Gasteiger partial charge in [-0.25, -0.2) is 0 Å². The van der Waals surface area contributed by atoms with Crippen molar-refractivity contribution in [3.8, 4) is 5.75 Å². The summed E-state index contributed by atoms with van der Waals surface area (Å²) in [5.41, 5.74) is 1.83. The molecule has 0 saturated heterocycles. The molecule has 5 rings (SSSR count). The van der Waals surface area contributed by atoms with Crippen molar-refractivity contribution >= 4 is 55.9 Å². The predicted octanol–water partition coefficient (Wildman–Crippen LogP) is 5.95. The number of hydrogen-bond donors (Lipinski definition) is 2. The second-order valence-corrected chi connectivity index (χ2v) is 9.35. The van der Waals surface area contributed by atoms with Crippen molar-refractivity contribution in [2.45, 2.75) is 13.0 Å². The smallest absolute Gasteiger partial charge is 0.294 e. The number of aliphatic hydroxyl groups is 1. The van der Waals surface area contributed by atoms with Crippen LogP contribution in [0.25, 0.3) is 11.0 Å². The number of rotatable bonds is 6. The summed E-state index contributed by atoms with van der Waals surface area (Å²) in [6.07, 6.45) is 0. The summed E-state index contributed by atoms with van der Waals surface area (Å²) in [6, 6.07) is 19.4. The van der Waals surface area contributed by atoms with Gasteiger partial charge in [-0.15, -0.1) is 0 Å². The van der Waals surface area contributed by atoms with Gasteiger partial charge in [0.25, 0.3) is 5.91 Å². The number of benzene rings is 3. The summed E-state index contributed by atoms with van der Waals surface area (Å²) in [7, 11) is 1.49. The topological polar surface area (TPSA) is 109 Å². The third kappa shape index (κ3) is 4.38. The van der Waals surface area contributed by atoms with Gasteiger partial charge in [0, 0.05) is 33.7 Å². The second-order valence-electron chi connectivity index (χ2n) is 8.43. The Labute approximate surface area is 220 Å². The van der Waals surface area contributed by atoms with Gasteiger partial charge in [0.2, 0.25) is 11.7 Å². The number of nitrogens with zero attached hydrogens (tertiary/aromatic N) is 1. The van der Waals surface area contributed by atoms with E-state index in [1.807, 2.05) is 6.07 Å². The first kappa shape index (κ1) is 24.3. The predicted molar refractivity (Wildman–Crippen MR) is 142 cm³/mol. The third-order valence-electron chi connectivity index (χ3n) is 6.05. The van der Waals surface area contributed by atoms with Crippen molar-refractivity contribution in [1.82, 2.24) is 0 Å². The third-order valence-corrected chi connectivity index (χ3v) is 6.55. The number of ether oxygens (including phenoxy) is 1. The molecule has 0 radical (unpaired) electrons. The summed E-state index contributed by atoms with van der Waals surface area (Å²) < 4.78 is 12.2. The number of fused-ring (bicyclic) bond motifs is 1. The quantitative estimate of drug-likeness (QED) is 0.282. The van der Waals surface area contributed by atoms with E-state index in [0.29, 0.717) is 33.7 Å². The van der Waals surface area contributed by atoms with E-state index in [1.165, 1.54) is 18.9 Å². The number of carbonyl (C=O) groups excluding carboxylic acids is 3. The summed E-state index contributed by atoms with van der Waals surface area (Å²) in [6.45, 7) is 1.40. The number of hydrogen-bond acceptors (Lipinski definition) is 6. The van der Waals surface area contributed by atoms with Gasteiger partial charge in [-0.05, 0) is 54.6 Å². The first-order valence-electron chi connectivity index (χ1n) is 11.3. The average Bonchev–Trinajstić information content (AvgIpc) is 3.42. The highest BCUT2D eigenvalue weighted by atomic mass is 79.9. The summed E-state index contributed by atoms with van der Waals surface area (Å²) in [4.78, 5) is 40.0. The number of Topliss-reactive ketones (excluding diaryl/α,β-unsaturated/α-hetero) is 1. The van der Waals surface area contributed by atoms with Crippen molar-refractivity contribution in [3.63, 3.8) is 0 Å². The highest BCUT2D eigenvalue weighted by Gasteiger charge is 2.46. The molecule has 0 aliphatic carbocycles. The normalized spacial score (nSPS) is 15.4. The van der Waals surface area contributed by atoms with Crippen molar-refractivity contribution in [2.24, 2.45) is 0 Å². The number of para-hydroxylation sites is 1. The highest BCUT2D eigenvalue weighted by Crippen LogP contribution is 2.45. The molecule has 186 valence electrons. The van der Waals surface area contributed by atoms with Crippen LogP contribution in [0.5, 0.6) is 5.75 Å². The number of furan rings is 1. The first-order valence-corrected chi connectivity index (χ1v) is 12.1. The van der Waals surface area contributed by atoms with Crippen LogP contribution in [0.15, 0.2) is 93.0 Å². The molecule has 0 saturated carbocycles. The first-order chi connectivity index (χ1) is 17.8. The zero-order valence-electron chi connectivity index (χ0n) is 19.8. The summed E-state index contributed by atoms with van der Waals surface area (Å²) >= 11 is 3.41. The molecule has 0 bridgehead atoms. The van der Waals surface area contributed by atoms with E-state index in [4.69, 9.17) is 9.15 Å². The highest BCUT2D eigenvalue weighted by molar-refractivity contribution is 9.10. The Bertz CT molecular complexity index is 1590. The maximum absolute atomic E-state index is 13.8. The number of halogens is 1. The van der Waals surface area contributed by atoms with Crippen LogP contribution in [0.2, 0.25) is 0 Å². The minimum Gasteiger partial charge on any atom is -0.503 e. The minimum atomic E-state index is -0.997. The van der Waals surface area contributed by atoms with Gasteiger partial charge in [0.05, 0.1) is 18.7 Å². The van der Waals surface area contributed by atoms with Gasteiger partial charge in [-0.2, -0.15) is 0 Å². The lowest BCUT2D eigenvalue weighted by Crippen LogP contribution is -2.31. The zero-order valence-corrected chi connectivity index (χ0v) is 21.4. The number of anilines is 2. The number of nitrogens with one attached hydrogen (secondary N) is 1. The number of carbonyl (C=O) groups is 3. The second kappa shape index (κ2) is 9.59. The SMILES string of the molecule is COc1ccccc1C1C(C(=O)c2cc3cc(Br)ccc3o2)=C(O)C(=O)N1c1ccc(NC(C)=O)cc1. The van der Waals surface area contributed by atoms with Crippen LogP contribution in [0.4, 0.5) is 11.4 Å². The Balaban J connectivity index is 1.64. The van der Waals surface area contributed by atoms with E-state index in [0.717, 1.165) is 4.47 Å². The number of amides is 2. The van der Waals surface area contributed by atoms with E-state index in [1.54, 1.807) is 66.7 Å². The van der Waals surface area contributed by atoms with E-state index >= 15 is 0 Å². The molecule has 4 aromatic rings. The molecule has 1 unspecified atom stereocenters. The molecule has 1 atom stereocenters. The van der Waals surface area contributed by atoms with Crippen LogP contribution >= 0.6 is 15.9 Å². The fourth-order valence-electron chi connectivity index (χ4n) is 4.46. The molecular formula is C28H21BrN2O6. The monoisotopic (exact) mass is 560 g/mol. The molecular weight excluding hydrogens is 540 g/mol. The molecule has 0 fully saturated rings. The largest absolute Gasteiger partial charge is 0.503 e. The Morgan fingerprint density at radius 2 is 1.78 bits per heavy atom. The van der Waals surface area contributed by atoms with Crippen LogP contribution in [0, 0.1) is 0 Å². The van der Waals surface area contributed by atoms with E-state index in [9.17, 15) is 19.5 Å². The van der Waals surface area contributed by atoms with Gasteiger partial charge in [0.1, 0.15) is 11.3 Å². The van der Waals surface area contributed by atoms with Gasteiger partial charge in [0.15, 0.2) is 11.5 Å². The molecule has 37 heavy (non-hydrogen) atoms. The molecule has 9 heteroatoms. The van der Waals surface area contributed by atoms with Gasteiger partial charge in [-0.1, -0.05) is 34.1 Å². The Hall–Kier alpha value is -4.37. The van der Waals surface area contributed by atoms with E-state index in [-0.39, 0.29) is 17.2 Å². The van der Waals surface area contributed by atoms with Crippen molar-refractivity contribution in [1.29, 1.82) is 0 Å². The van der Waals surface area contributed by atoms with Crippen LogP contribution in [0.3, 0.4) is 0 Å². The molecule has 2 N–H and O–H groups in total. The fourth-order valence-corrected chi connectivity index (χ4v) is 4.84. The Kier molecular flexibility index (Phi) is 6.31. The summed E-state index contributed by atoms with van der Waals surface area (Å²) in [5.74, 6) is -1.84. The van der Waals surface area contributed by atoms with Crippen molar-refractivity contribution in [3.05, 3.63) is 99.9 Å². The average molecular weight is 561 g/mol. The van der Waals surface area contributed by atoms with Gasteiger partial charge in [-0.3, -0.25) is 19.3 Å². The maximum Gasteiger partial charge on any atom is 0.294 e. The maximum atomic E-state index is 13.8. The van der Waals surface area contributed by atoms with Crippen LogP contribution < -0.4 is 15.0 Å². The molecule has 2 amide bonds. The van der Waals surface area contributed by atoms with Gasteiger partial charge >= 0.3 is 0 Å². The molecule has 3 aromatic carbocycles. The van der Waals surface area contributed by atoms with Crippen molar-refractivity contribution in [2.75, 3.05) is 17.3 Å². The van der Waals surface area contributed by atoms with Gasteiger partial charge < -0.3 is 19.6 Å². The molecule has 0 spiro atoms. The van der Waals surface area contributed by atoms with Crippen LogP contribution in [-0.4, -0.2) is 29.8 Å². The molecule has 1 aromatic heterocycles. The Morgan fingerprint density at radius 3 is 2.49 bits per heavy atom. The zero-order chi connectivity index (χ0) is 26.3. The molecule has 8 nitrogen and oxygen atoms in total. The molecule has 1 aliphatic rings. The number of ketones is 1. The Morgan fingerprint density at radius 1 is 1.05 bits per heavy atom. The summed E-state index contributed by atoms with van der Waals surface area (Å²) in [5, 5.41) is 14.4. The van der Waals surface area contributed by atoms with Crippen LogP contribution in [0.1, 0.15) is 29.1 Å². The molecule has 2 heterocycles. The standard InChI is InChI=1S/C28H21BrN2O6/c1-15(32)30-18-8-10-19(11-9-18)31-25(20-5-3-4-6-22(20)36-2)24(27(34)28(31)35)26(33)23-14-16-13-17(29)7-12-21(16)37-23/h3-14,25,34H,1-2H3,(H,30,32). The van der Waals surface area contributed by atoms with Crippen molar-refractivity contribution < 1.29 is 28.6 Å². The lowest BCUT2D eigenvalue weighted by atomic mass is 9.94. The fraction of sp³-hybridized carbons (Fsp3) is 0.107. The molecule has 1 aliphatic heterocycles. The minimum absolute atomic E-state index is 0.00907. The number of methoxy groups -OCH3 is 1. The van der Waals surface area contributed by atoms with E-state index < -0.39 is 23.5 Å². The van der Waals surface area contributed by atoms with Crippen LogP contribution in [-0.2, 0) is 9.59 Å².